The number of ether oxygens (including phenoxy) is 1. The topological polar surface area (TPSA) is 99.2 Å². The molecule has 1 unspecified atom stereocenters. The Morgan fingerprint density at radius 2 is 2.44 bits per heavy atom. The van der Waals surface area contributed by atoms with Crippen LogP contribution in [0.2, 0.25) is 0 Å². The maximum absolute atomic E-state index is 11.9. The summed E-state index contributed by atoms with van der Waals surface area (Å²) in [6.07, 6.45) is 2.54. The number of nitrogens with one attached hydrogen (secondary N) is 1. The summed E-state index contributed by atoms with van der Waals surface area (Å²) in [6, 6.07) is 0. The molecule has 0 spiro atoms. The van der Waals surface area contributed by atoms with Gasteiger partial charge < -0.3 is 15.8 Å². The van der Waals surface area contributed by atoms with Crippen LogP contribution >= 0.6 is 0 Å². The number of carbonyl (C=O) groups excluding carboxylic acids is 2. The molecule has 1 saturated heterocycles. The second-order valence-corrected chi connectivity index (χ2v) is 4.08. The molecule has 0 saturated carbocycles. The van der Waals surface area contributed by atoms with Crippen LogP contribution in [-0.2, 0) is 16.1 Å². The van der Waals surface area contributed by atoms with Crippen LogP contribution in [0.4, 0.5) is 5.69 Å². The van der Waals surface area contributed by atoms with Crippen molar-refractivity contribution in [1.29, 1.82) is 0 Å². The molecule has 2 heterocycles. The number of hydrogen-bond donors (Lipinski definition) is 2. The predicted molar refractivity (Wildman–Crippen MR) is 64.0 cm³/mol. The van der Waals surface area contributed by atoms with Crippen LogP contribution in [0.5, 0.6) is 0 Å². The Morgan fingerprint density at radius 1 is 1.67 bits per heavy atom. The van der Waals surface area contributed by atoms with E-state index in [1.54, 1.807) is 0 Å². The van der Waals surface area contributed by atoms with E-state index in [0.29, 0.717) is 25.3 Å². The van der Waals surface area contributed by atoms with Crippen molar-refractivity contribution in [3.63, 3.8) is 0 Å². The molecule has 0 bridgehead atoms. The summed E-state index contributed by atoms with van der Waals surface area (Å²) in [4.78, 5) is 23.2. The Morgan fingerprint density at radius 3 is 3.00 bits per heavy atom. The van der Waals surface area contributed by atoms with Gasteiger partial charge >= 0.3 is 0 Å². The van der Waals surface area contributed by atoms with E-state index >= 15 is 0 Å². The van der Waals surface area contributed by atoms with Crippen molar-refractivity contribution in [3.05, 3.63) is 11.9 Å². The first-order chi connectivity index (χ1) is 8.63. The SMILES string of the molecule is CCn1ncc(NC(=O)C2CCCO2)c1C(N)=O. The molecule has 7 nitrogen and oxygen atoms in total. The first-order valence-electron chi connectivity index (χ1n) is 5.91. The van der Waals surface area contributed by atoms with E-state index in [-0.39, 0.29) is 11.6 Å². The molecular formula is C11H16N4O3. The van der Waals surface area contributed by atoms with Crippen LogP contribution in [0.15, 0.2) is 6.20 Å². The van der Waals surface area contributed by atoms with Gasteiger partial charge in [0, 0.05) is 13.2 Å². The quantitative estimate of drug-likeness (QED) is 0.794. The number of amides is 2. The van der Waals surface area contributed by atoms with E-state index in [9.17, 15) is 9.59 Å². The van der Waals surface area contributed by atoms with Crippen molar-refractivity contribution < 1.29 is 14.3 Å². The maximum atomic E-state index is 11.9. The van der Waals surface area contributed by atoms with Gasteiger partial charge in [-0.05, 0) is 19.8 Å². The highest BCUT2D eigenvalue weighted by atomic mass is 16.5. The molecular weight excluding hydrogens is 236 g/mol. The molecule has 0 aliphatic carbocycles. The summed E-state index contributed by atoms with van der Waals surface area (Å²) in [5.41, 5.74) is 5.83. The molecule has 2 rings (SSSR count). The number of aryl methyl sites for hydroxylation is 1. The van der Waals surface area contributed by atoms with Gasteiger partial charge in [-0.1, -0.05) is 0 Å². The monoisotopic (exact) mass is 252 g/mol. The van der Waals surface area contributed by atoms with Crippen molar-refractivity contribution in [1.82, 2.24) is 9.78 Å². The lowest BCUT2D eigenvalue weighted by atomic mass is 10.2. The van der Waals surface area contributed by atoms with E-state index in [0.717, 1.165) is 6.42 Å². The minimum atomic E-state index is -0.614. The van der Waals surface area contributed by atoms with Crippen LogP contribution in [0.1, 0.15) is 30.3 Å². The van der Waals surface area contributed by atoms with Crippen molar-refractivity contribution in [2.45, 2.75) is 32.4 Å². The van der Waals surface area contributed by atoms with Gasteiger partial charge in [-0.3, -0.25) is 14.3 Å². The Bertz CT molecular complexity index is 463. The highest BCUT2D eigenvalue weighted by molar-refractivity contribution is 6.02. The van der Waals surface area contributed by atoms with Crippen molar-refractivity contribution >= 4 is 17.5 Å². The largest absolute Gasteiger partial charge is 0.368 e. The molecule has 1 aromatic rings. The molecule has 2 amide bonds. The lowest BCUT2D eigenvalue weighted by Crippen LogP contribution is -2.28. The van der Waals surface area contributed by atoms with Crippen LogP contribution in [0.25, 0.3) is 0 Å². The average Bonchev–Trinajstić information content (AvgIpc) is 2.97. The minimum Gasteiger partial charge on any atom is -0.368 e. The van der Waals surface area contributed by atoms with Gasteiger partial charge in [-0.15, -0.1) is 0 Å². The van der Waals surface area contributed by atoms with E-state index in [1.807, 2.05) is 6.92 Å². The first-order valence-corrected chi connectivity index (χ1v) is 5.91. The number of hydrogen-bond acceptors (Lipinski definition) is 4. The van der Waals surface area contributed by atoms with Gasteiger partial charge in [0.05, 0.1) is 11.9 Å². The van der Waals surface area contributed by atoms with Gasteiger partial charge in [0.25, 0.3) is 11.8 Å². The van der Waals surface area contributed by atoms with Gasteiger partial charge in [0.1, 0.15) is 11.8 Å². The fourth-order valence-corrected chi connectivity index (χ4v) is 1.97. The predicted octanol–water partition coefficient (Wildman–Crippen LogP) is 0.119. The van der Waals surface area contributed by atoms with Crippen molar-refractivity contribution in [2.75, 3.05) is 11.9 Å². The van der Waals surface area contributed by atoms with Gasteiger partial charge in [0.2, 0.25) is 0 Å². The van der Waals surface area contributed by atoms with Gasteiger partial charge in [-0.25, -0.2) is 0 Å². The lowest BCUT2D eigenvalue weighted by molar-refractivity contribution is -0.124. The minimum absolute atomic E-state index is 0.212. The van der Waals surface area contributed by atoms with Crippen LogP contribution in [0.3, 0.4) is 0 Å². The third kappa shape index (κ3) is 2.35. The summed E-state index contributed by atoms with van der Waals surface area (Å²) >= 11 is 0. The highest BCUT2D eigenvalue weighted by Gasteiger charge is 2.25. The normalized spacial score (nSPS) is 18.8. The van der Waals surface area contributed by atoms with Gasteiger partial charge in [0.15, 0.2) is 0 Å². The Balaban J connectivity index is 2.15. The Labute approximate surface area is 104 Å². The molecule has 1 aromatic heterocycles. The third-order valence-electron chi connectivity index (χ3n) is 2.85. The van der Waals surface area contributed by atoms with E-state index in [4.69, 9.17) is 10.5 Å². The van der Waals surface area contributed by atoms with Crippen LogP contribution < -0.4 is 11.1 Å². The zero-order chi connectivity index (χ0) is 13.1. The maximum Gasteiger partial charge on any atom is 0.269 e. The summed E-state index contributed by atoms with van der Waals surface area (Å²) < 4.78 is 6.72. The Kier molecular flexibility index (Phi) is 3.61. The number of carbonyl (C=O) groups is 2. The van der Waals surface area contributed by atoms with Crippen LogP contribution in [-0.4, -0.2) is 34.3 Å². The summed E-state index contributed by atoms with van der Waals surface area (Å²) in [6.45, 7) is 2.94. The Hall–Kier alpha value is -1.89. The molecule has 0 radical (unpaired) electrons. The molecule has 3 N–H and O–H groups in total. The number of anilines is 1. The molecule has 1 fully saturated rings. The second-order valence-electron chi connectivity index (χ2n) is 4.08. The number of nitrogens with two attached hydrogens (primary N) is 1. The standard InChI is InChI=1S/C11H16N4O3/c1-2-15-9(10(12)16)7(6-13-15)14-11(17)8-4-3-5-18-8/h6,8H,2-5H2,1H3,(H2,12,16)(H,14,17). The third-order valence-corrected chi connectivity index (χ3v) is 2.85. The summed E-state index contributed by atoms with van der Waals surface area (Å²) in [5.74, 6) is -0.873. The number of rotatable bonds is 4. The van der Waals surface area contributed by atoms with Crippen molar-refractivity contribution in [3.8, 4) is 0 Å². The summed E-state index contributed by atoms with van der Waals surface area (Å²) in [7, 11) is 0. The number of primary amides is 1. The van der Waals surface area contributed by atoms with E-state index < -0.39 is 12.0 Å². The highest BCUT2D eigenvalue weighted by Crippen LogP contribution is 2.18. The molecule has 7 heteroatoms. The fourth-order valence-electron chi connectivity index (χ4n) is 1.97. The molecule has 18 heavy (non-hydrogen) atoms. The smallest absolute Gasteiger partial charge is 0.269 e. The second kappa shape index (κ2) is 5.18. The van der Waals surface area contributed by atoms with E-state index in [2.05, 4.69) is 10.4 Å². The first kappa shape index (κ1) is 12.6. The fraction of sp³-hybridized carbons (Fsp3) is 0.545. The van der Waals surface area contributed by atoms with Gasteiger partial charge in [-0.2, -0.15) is 5.10 Å². The summed E-state index contributed by atoms with van der Waals surface area (Å²) in [5, 5.41) is 6.64. The lowest BCUT2D eigenvalue weighted by Gasteiger charge is -2.10. The van der Waals surface area contributed by atoms with Crippen LogP contribution in [0, 0.1) is 0 Å². The molecule has 98 valence electrons. The average molecular weight is 252 g/mol. The zero-order valence-electron chi connectivity index (χ0n) is 10.2. The van der Waals surface area contributed by atoms with Crippen molar-refractivity contribution in [2.24, 2.45) is 5.73 Å². The molecule has 1 atom stereocenters. The number of aromatic nitrogens is 2. The number of nitrogens with zero attached hydrogens (tertiary/aromatic N) is 2. The van der Waals surface area contributed by atoms with E-state index in [1.165, 1.54) is 10.9 Å². The molecule has 0 aromatic carbocycles. The molecule has 1 aliphatic heterocycles. The zero-order valence-corrected chi connectivity index (χ0v) is 10.2. The molecule has 1 aliphatic rings.